The topological polar surface area (TPSA) is 95.9 Å². The van der Waals surface area contributed by atoms with E-state index in [-0.39, 0.29) is 29.6 Å². The van der Waals surface area contributed by atoms with E-state index in [1.807, 2.05) is 4.90 Å². The summed E-state index contributed by atoms with van der Waals surface area (Å²) in [6, 6.07) is 6.22. The van der Waals surface area contributed by atoms with Crippen molar-refractivity contribution in [2.45, 2.75) is 25.8 Å². The zero-order valence-electron chi connectivity index (χ0n) is 16.5. The van der Waals surface area contributed by atoms with Gasteiger partial charge in [-0.2, -0.15) is 15.0 Å². The molecule has 5 rings (SSSR count). The van der Waals surface area contributed by atoms with E-state index in [0.717, 1.165) is 24.6 Å². The minimum absolute atomic E-state index is 0.0822. The number of aromatic amines is 1. The molecule has 2 aromatic heterocycles. The Hall–Kier alpha value is -3.23. The first-order valence-corrected chi connectivity index (χ1v) is 10.2. The van der Waals surface area contributed by atoms with Gasteiger partial charge in [0.1, 0.15) is 18.1 Å². The van der Waals surface area contributed by atoms with E-state index in [4.69, 9.17) is 0 Å². The van der Waals surface area contributed by atoms with Crippen LogP contribution in [0.2, 0.25) is 0 Å². The second-order valence-corrected chi connectivity index (χ2v) is 8.36. The van der Waals surface area contributed by atoms with E-state index in [2.05, 4.69) is 20.5 Å². The minimum atomic E-state index is -0.335. The Bertz CT molecular complexity index is 1090. The number of fused-ring (bicyclic) bond motifs is 1. The van der Waals surface area contributed by atoms with Gasteiger partial charge in [0.2, 0.25) is 5.91 Å². The summed E-state index contributed by atoms with van der Waals surface area (Å²) >= 11 is 0. The number of carbonyl (C=O) groups excluding carboxylic acids is 2. The molecule has 0 radical (unpaired) electrons. The van der Waals surface area contributed by atoms with Gasteiger partial charge in [-0.05, 0) is 49.4 Å². The van der Waals surface area contributed by atoms with Crippen LogP contribution in [0.4, 0.5) is 4.39 Å². The quantitative estimate of drug-likeness (QED) is 0.649. The Labute approximate surface area is 172 Å². The lowest BCUT2D eigenvalue weighted by Gasteiger charge is -2.29. The van der Waals surface area contributed by atoms with Crippen molar-refractivity contribution in [2.24, 2.45) is 11.3 Å². The molecule has 2 aliphatic rings. The maximum Gasteiger partial charge on any atom is 0.270 e. The van der Waals surface area contributed by atoms with E-state index < -0.39 is 0 Å². The fourth-order valence-corrected chi connectivity index (χ4v) is 4.56. The van der Waals surface area contributed by atoms with E-state index in [1.54, 1.807) is 12.1 Å². The summed E-state index contributed by atoms with van der Waals surface area (Å²) in [5.74, 6) is -0.0246. The molecular weight excluding hydrogens is 387 g/mol. The summed E-state index contributed by atoms with van der Waals surface area (Å²) in [5, 5.41) is 11.8. The molecule has 1 atom stereocenters. The molecule has 1 aromatic carbocycles. The Morgan fingerprint density at radius 1 is 1.23 bits per heavy atom. The average Bonchev–Trinajstić information content (AvgIpc) is 3.15. The smallest absolute Gasteiger partial charge is 0.270 e. The van der Waals surface area contributed by atoms with Crippen LogP contribution in [0.15, 0.2) is 36.7 Å². The van der Waals surface area contributed by atoms with Crippen molar-refractivity contribution in [1.29, 1.82) is 0 Å². The predicted octanol–water partition coefficient (Wildman–Crippen LogP) is 1.96. The SMILES string of the molecule is O=C(Cn1nccn1)NCC1(C2CC2)CCN(C(=O)c2cc3ccc(F)cc3[nH]2)C1. The van der Waals surface area contributed by atoms with Crippen LogP contribution >= 0.6 is 0 Å². The molecule has 1 aliphatic heterocycles. The molecule has 1 saturated heterocycles. The zero-order valence-corrected chi connectivity index (χ0v) is 16.5. The molecule has 156 valence electrons. The van der Waals surface area contributed by atoms with Crippen LogP contribution in [0.5, 0.6) is 0 Å². The third-order valence-electron chi connectivity index (χ3n) is 6.32. The molecule has 30 heavy (non-hydrogen) atoms. The van der Waals surface area contributed by atoms with Crippen molar-refractivity contribution in [3.63, 3.8) is 0 Å². The van der Waals surface area contributed by atoms with Crippen LogP contribution in [0, 0.1) is 17.2 Å². The van der Waals surface area contributed by atoms with Crippen LogP contribution in [0.25, 0.3) is 10.9 Å². The number of nitrogens with one attached hydrogen (secondary N) is 2. The van der Waals surface area contributed by atoms with Crippen molar-refractivity contribution in [1.82, 2.24) is 30.2 Å². The Morgan fingerprint density at radius 2 is 2.03 bits per heavy atom. The highest BCUT2D eigenvalue weighted by atomic mass is 19.1. The van der Waals surface area contributed by atoms with Gasteiger partial charge < -0.3 is 15.2 Å². The summed E-state index contributed by atoms with van der Waals surface area (Å²) in [7, 11) is 0. The monoisotopic (exact) mass is 410 g/mol. The first-order valence-electron chi connectivity index (χ1n) is 10.2. The van der Waals surface area contributed by atoms with Gasteiger partial charge in [0.25, 0.3) is 5.91 Å². The molecule has 3 heterocycles. The second kappa shape index (κ2) is 7.23. The van der Waals surface area contributed by atoms with E-state index in [0.29, 0.717) is 36.8 Å². The normalized spacial score (nSPS) is 21.3. The van der Waals surface area contributed by atoms with Crippen LogP contribution in [-0.2, 0) is 11.3 Å². The molecule has 0 spiro atoms. The second-order valence-electron chi connectivity index (χ2n) is 8.36. The van der Waals surface area contributed by atoms with Crippen molar-refractivity contribution in [3.05, 3.63) is 48.2 Å². The molecule has 3 aromatic rings. The lowest BCUT2D eigenvalue weighted by atomic mass is 9.81. The molecular formula is C21H23FN6O2. The molecule has 2 N–H and O–H groups in total. The molecule has 2 amide bonds. The first kappa shape index (κ1) is 18.8. The minimum Gasteiger partial charge on any atom is -0.354 e. The maximum absolute atomic E-state index is 13.5. The number of rotatable bonds is 6. The van der Waals surface area contributed by atoms with Gasteiger partial charge in [0, 0.05) is 36.0 Å². The van der Waals surface area contributed by atoms with Crippen molar-refractivity contribution >= 4 is 22.7 Å². The molecule has 0 bridgehead atoms. The van der Waals surface area contributed by atoms with Gasteiger partial charge in [0.15, 0.2) is 0 Å². The largest absolute Gasteiger partial charge is 0.354 e. The number of halogens is 1. The van der Waals surface area contributed by atoms with E-state index >= 15 is 0 Å². The van der Waals surface area contributed by atoms with Gasteiger partial charge >= 0.3 is 0 Å². The van der Waals surface area contributed by atoms with Crippen LogP contribution in [0.1, 0.15) is 29.8 Å². The summed E-state index contributed by atoms with van der Waals surface area (Å²) in [6.07, 6.45) is 6.20. The molecule has 1 unspecified atom stereocenters. The van der Waals surface area contributed by atoms with Crippen LogP contribution in [0.3, 0.4) is 0 Å². The third-order valence-corrected chi connectivity index (χ3v) is 6.32. The first-order chi connectivity index (χ1) is 14.5. The van der Waals surface area contributed by atoms with Crippen LogP contribution < -0.4 is 5.32 Å². The number of H-pyrrole nitrogens is 1. The standard InChI is InChI=1S/C21H23FN6O2/c22-16-4-1-14-9-18(26-17(14)10-16)20(30)27-8-5-21(13-27,15-2-3-15)12-23-19(29)11-28-24-6-7-25-28/h1,4,6-7,9-10,15,26H,2-3,5,8,11-13H2,(H,23,29). The molecule has 1 aliphatic carbocycles. The van der Waals surface area contributed by atoms with Gasteiger partial charge in [-0.25, -0.2) is 4.39 Å². The molecule has 9 heteroatoms. The van der Waals surface area contributed by atoms with Crippen molar-refractivity contribution in [3.8, 4) is 0 Å². The number of hydrogen-bond acceptors (Lipinski definition) is 4. The number of likely N-dealkylation sites (tertiary alicyclic amines) is 1. The van der Waals surface area contributed by atoms with Gasteiger partial charge in [-0.3, -0.25) is 9.59 Å². The predicted molar refractivity (Wildman–Crippen MR) is 107 cm³/mol. The fourth-order valence-electron chi connectivity index (χ4n) is 4.56. The third kappa shape index (κ3) is 3.55. The van der Waals surface area contributed by atoms with Gasteiger partial charge in [-0.1, -0.05) is 0 Å². The van der Waals surface area contributed by atoms with Gasteiger partial charge in [-0.15, -0.1) is 0 Å². The average molecular weight is 410 g/mol. The van der Waals surface area contributed by atoms with E-state index in [1.165, 1.54) is 29.3 Å². The highest BCUT2D eigenvalue weighted by Gasteiger charge is 2.50. The van der Waals surface area contributed by atoms with E-state index in [9.17, 15) is 14.0 Å². The molecule has 1 saturated carbocycles. The Balaban J connectivity index is 1.26. The summed E-state index contributed by atoms with van der Waals surface area (Å²) < 4.78 is 13.5. The fraction of sp³-hybridized carbons (Fsp3) is 0.429. The zero-order chi connectivity index (χ0) is 20.7. The van der Waals surface area contributed by atoms with Crippen LogP contribution in [-0.4, -0.2) is 56.3 Å². The number of amides is 2. The lowest BCUT2D eigenvalue weighted by Crippen LogP contribution is -2.43. The summed E-state index contributed by atoms with van der Waals surface area (Å²) in [5.41, 5.74) is 0.988. The number of aromatic nitrogens is 4. The number of nitrogens with zero attached hydrogens (tertiary/aromatic N) is 4. The highest BCUT2D eigenvalue weighted by molar-refractivity contribution is 5.98. The maximum atomic E-state index is 13.5. The number of hydrogen-bond donors (Lipinski definition) is 2. The summed E-state index contributed by atoms with van der Waals surface area (Å²) in [4.78, 5) is 31.6. The Morgan fingerprint density at radius 3 is 2.80 bits per heavy atom. The Kier molecular flexibility index (Phi) is 4.52. The van der Waals surface area contributed by atoms with Gasteiger partial charge in [0.05, 0.1) is 12.4 Å². The number of carbonyl (C=O) groups is 2. The lowest BCUT2D eigenvalue weighted by molar-refractivity contribution is -0.122. The molecule has 8 nitrogen and oxygen atoms in total. The van der Waals surface area contributed by atoms with Crippen molar-refractivity contribution in [2.75, 3.05) is 19.6 Å². The van der Waals surface area contributed by atoms with Crippen molar-refractivity contribution < 1.29 is 14.0 Å². The highest BCUT2D eigenvalue weighted by Crippen LogP contribution is 2.50. The molecule has 2 fully saturated rings. The summed E-state index contributed by atoms with van der Waals surface area (Å²) in [6.45, 7) is 1.89. The number of benzene rings is 1.